The highest BCUT2D eigenvalue weighted by molar-refractivity contribution is 5.92. The molecule has 3 aromatic heterocycles. The molecule has 5 heterocycles. The number of hydrogen-bond donors (Lipinski definition) is 2. The second kappa shape index (κ2) is 11.3. The smallest absolute Gasteiger partial charge is 0.337 e. The summed E-state index contributed by atoms with van der Waals surface area (Å²) in [6.45, 7) is 15.1. The van der Waals surface area contributed by atoms with E-state index in [1.165, 1.54) is 11.1 Å². The van der Waals surface area contributed by atoms with Crippen LogP contribution in [0, 0.1) is 12.3 Å². The number of nitrogens with two attached hydrogens (primary N) is 1. The van der Waals surface area contributed by atoms with Crippen LogP contribution in [0.1, 0.15) is 75.9 Å². The van der Waals surface area contributed by atoms with Crippen molar-refractivity contribution in [1.82, 2.24) is 24.7 Å². The first-order valence-electron chi connectivity index (χ1n) is 15.7. The standard InChI is InChI=1S/C34H44N8O3/c1-20-25(28(32(43)44)45-33(2,3)4)27(41-14-11-34(5,6)12-15-41)26(29(35)39-20)22-8-9-23-18-42(13-10-21(23)16-22)31-24-17-38-40(7)30(24)36-19-37-31/h8-9,16-17,19,28H,10-15,18H2,1-7H3,(H2,35,39)(H,43,44). The summed E-state index contributed by atoms with van der Waals surface area (Å²) in [6.07, 6.45) is 5.02. The topological polar surface area (TPSA) is 136 Å². The molecule has 3 N–H and O–H groups in total. The van der Waals surface area contributed by atoms with Gasteiger partial charge in [0, 0.05) is 50.0 Å². The van der Waals surface area contributed by atoms with E-state index in [2.05, 4.69) is 56.9 Å². The van der Waals surface area contributed by atoms with Gasteiger partial charge in [-0.2, -0.15) is 5.10 Å². The molecule has 2 aliphatic heterocycles. The predicted octanol–water partition coefficient (Wildman–Crippen LogP) is 5.45. The molecule has 1 atom stereocenters. The zero-order chi connectivity index (χ0) is 32.3. The molecule has 1 fully saturated rings. The fourth-order valence-corrected chi connectivity index (χ4v) is 6.66. The lowest BCUT2D eigenvalue weighted by Gasteiger charge is -2.41. The van der Waals surface area contributed by atoms with Crippen molar-refractivity contribution in [1.29, 1.82) is 0 Å². The van der Waals surface area contributed by atoms with Gasteiger partial charge in [0.25, 0.3) is 0 Å². The summed E-state index contributed by atoms with van der Waals surface area (Å²) in [5.41, 5.74) is 13.2. The molecule has 11 nitrogen and oxygen atoms in total. The van der Waals surface area contributed by atoms with E-state index in [1.807, 2.05) is 40.9 Å². The van der Waals surface area contributed by atoms with Gasteiger partial charge in [-0.1, -0.05) is 32.0 Å². The Labute approximate surface area is 264 Å². The van der Waals surface area contributed by atoms with E-state index < -0.39 is 17.7 Å². The van der Waals surface area contributed by atoms with Crippen molar-refractivity contribution in [3.05, 3.63) is 53.1 Å². The second-order valence-corrected chi connectivity index (χ2v) is 14.2. The summed E-state index contributed by atoms with van der Waals surface area (Å²) in [6, 6.07) is 6.45. The van der Waals surface area contributed by atoms with Crippen LogP contribution in [0.2, 0.25) is 0 Å². The van der Waals surface area contributed by atoms with Crippen LogP contribution in [-0.4, -0.2) is 61.0 Å². The molecule has 238 valence electrons. The van der Waals surface area contributed by atoms with Gasteiger partial charge in [-0.25, -0.2) is 19.7 Å². The monoisotopic (exact) mass is 612 g/mol. The molecule has 0 amide bonds. The van der Waals surface area contributed by atoms with Crippen LogP contribution in [0.15, 0.2) is 30.7 Å². The van der Waals surface area contributed by atoms with E-state index >= 15 is 0 Å². The molecule has 0 radical (unpaired) electrons. The molecule has 0 aliphatic carbocycles. The number of hydrogen-bond acceptors (Lipinski definition) is 9. The number of aryl methyl sites for hydroxylation is 2. The molecule has 1 saturated heterocycles. The third-order valence-corrected chi connectivity index (χ3v) is 9.13. The van der Waals surface area contributed by atoms with Crippen LogP contribution in [-0.2, 0) is 29.5 Å². The van der Waals surface area contributed by atoms with Crippen LogP contribution in [0.25, 0.3) is 22.2 Å². The molecular weight excluding hydrogens is 568 g/mol. The van der Waals surface area contributed by atoms with E-state index in [1.54, 1.807) is 11.0 Å². The van der Waals surface area contributed by atoms with Crippen LogP contribution < -0.4 is 15.5 Å². The largest absolute Gasteiger partial charge is 0.479 e. The van der Waals surface area contributed by atoms with E-state index in [9.17, 15) is 9.90 Å². The first-order chi connectivity index (χ1) is 21.2. The molecule has 0 saturated carbocycles. The number of nitrogens with zero attached hydrogens (tertiary/aromatic N) is 7. The molecule has 45 heavy (non-hydrogen) atoms. The number of rotatable bonds is 6. The van der Waals surface area contributed by atoms with E-state index in [0.717, 1.165) is 72.6 Å². The SMILES string of the molecule is Cc1nc(N)c(-c2ccc3c(c2)CCN(c2ncnc4c2cnn4C)C3)c(N2CCC(C)(C)CC2)c1C(OC(C)(C)C)C(=O)O. The number of benzene rings is 1. The summed E-state index contributed by atoms with van der Waals surface area (Å²) in [4.78, 5) is 31.1. The molecule has 11 heteroatoms. The molecule has 4 aromatic rings. The van der Waals surface area contributed by atoms with Gasteiger partial charge in [-0.3, -0.25) is 4.68 Å². The first kappa shape index (κ1) is 30.8. The maximum Gasteiger partial charge on any atom is 0.337 e. The van der Waals surface area contributed by atoms with Crippen LogP contribution in [0.3, 0.4) is 0 Å². The Morgan fingerprint density at radius 1 is 1.09 bits per heavy atom. The van der Waals surface area contributed by atoms with E-state index in [0.29, 0.717) is 23.6 Å². The number of nitrogen functional groups attached to an aromatic ring is 1. The van der Waals surface area contributed by atoms with Crippen molar-refractivity contribution < 1.29 is 14.6 Å². The van der Waals surface area contributed by atoms with Crippen LogP contribution >= 0.6 is 0 Å². The summed E-state index contributed by atoms with van der Waals surface area (Å²) < 4.78 is 7.98. The molecular formula is C34H44N8O3. The van der Waals surface area contributed by atoms with Gasteiger partial charge in [-0.05, 0) is 69.1 Å². The lowest BCUT2D eigenvalue weighted by Crippen LogP contribution is -2.39. The number of aliphatic carboxylic acids is 1. The van der Waals surface area contributed by atoms with Crippen LogP contribution in [0.4, 0.5) is 17.3 Å². The predicted molar refractivity (Wildman–Crippen MR) is 176 cm³/mol. The summed E-state index contributed by atoms with van der Waals surface area (Å²) >= 11 is 0. The van der Waals surface area contributed by atoms with Gasteiger partial charge < -0.3 is 25.4 Å². The lowest BCUT2D eigenvalue weighted by molar-refractivity contribution is -0.160. The number of anilines is 3. The fraction of sp³-hybridized carbons (Fsp3) is 0.500. The third-order valence-electron chi connectivity index (χ3n) is 9.13. The zero-order valence-electron chi connectivity index (χ0n) is 27.4. The van der Waals surface area contributed by atoms with Gasteiger partial charge in [-0.15, -0.1) is 0 Å². The lowest BCUT2D eigenvalue weighted by atomic mass is 9.82. The number of carboxylic acid groups (broad SMARTS) is 1. The fourth-order valence-electron chi connectivity index (χ4n) is 6.66. The average Bonchev–Trinajstić information content (AvgIpc) is 3.35. The highest BCUT2D eigenvalue weighted by Gasteiger charge is 2.37. The first-order valence-corrected chi connectivity index (χ1v) is 15.7. The van der Waals surface area contributed by atoms with Crippen molar-refractivity contribution in [3.63, 3.8) is 0 Å². The average molecular weight is 613 g/mol. The van der Waals surface area contributed by atoms with Gasteiger partial charge in [0.05, 0.1) is 22.9 Å². The Morgan fingerprint density at radius 2 is 1.82 bits per heavy atom. The molecule has 6 rings (SSSR count). The van der Waals surface area contributed by atoms with Crippen molar-refractivity contribution in [2.45, 2.75) is 79.1 Å². The van der Waals surface area contributed by atoms with Gasteiger partial charge in [0.2, 0.25) is 0 Å². The minimum absolute atomic E-state index is 0.210. The third kappa shape index (κ3) is 5.93. The Hall–Kier alpha value is -4.25. The van der Waals surface area contributed by atoms with E-state index in [4.69, 9.17) is 15.5 Å². The Balaban J connectivity index is 1.44. The Bertz CT molecular complexity index is 1760. The number of aromatic nitrogens is 5. The molecule has 0 spiro atoms. The molecule has 0 bridgehead atoms. The van der Waals surface area contributed by atoms with Gasteiger partial charge in [0.1, 0.15) is 18.0 Å². The number of piperidine rings is 1. The maximum atomic E-state index is 12.8. The summed E-state index contributed by atoms with van der Waals surface area (Å²) in [7, 11) is 1.89. The number of pyridine rings is 1. The van der Waals surface area contributed by atoms with Gasteiger partial charge in [0.15, 0.2) is 11.8 Å². The summed E-state index contributed by atoms with van der Waals surface area (Å²) in [5.74, 6) is 0.240. The molecule has 1 aromatic carbocycles. The number of ether oxygens (including phenoxy) is 1. The Kier molecular flexibility index (Phi) is 7.71. The molecule has 2 aliphatic rings. The minimum Gasteiger partial charge on any atom is -0.479 e. The maximum absolute atomic E-state index is 12.8. The van der Waals surface area contributed by atoms with Crippen molar-refractivity contribution in [2.24, 2.45) is 12.5 Å². The number of fused-ring (bicyclic) bond motifs is 2. The van der Waals surface area contributed by atoms with Crippen molar-refractivity contribution in [3.8, 4) is 11.1 Å². The Morgan fingerprint density at radius 3 is 2.51 bits per heavy atom. The zero-order valence-corrected chi connectivity index (χ0v) is 27.4. The van der Waals surface area contributed by atoms with Crippen molar-refractivity contribution in [2.75, 3.05) is 35.2 Å². The van der Waals surface area contributed by atoms with Crippen molar-refractivity contribution >= 4 is 34.3 Å². The molecule has 1 unspecified atom stereocenters. The van der Waals surface area contributed by atoms with Gasteiger partial charge >= 0.3 is 5.97 Å². The van der Waals surface area contributed by atoms with E-state index in [-0.39, 0.29) is 5.41 Å². The summed E-state index contributed by atoms with van der Waals surface area (Å²) in [5, 5.41) is 15.8. The number of carbonyl (C=O) groups is 1. The number of carboxylic acids is 1. The second-order valence-electron chi connectivity index (χ2n) is 14.2. The van der Waals surface area contributed by atoms with Crippen LogP contribution in [0.5, 0.6) is 0 Å². The minimum atomic E-state index is -1.19. The highest BCUT2D eigenvalue weighted by atomic mass is 16.5. The highest BCUT2D eigenvalue weighted by Crippen LogP contribution is 2.46. The normalized spacial score (nSPS) is 17.4. The quantitative estimate of drug-likeness (QED) is 0.289.